The summed E-state index contributed by atoms with van der Waals surface area (Å²) in [5.74, 6) is -1.79. The molecular formula is C27H33FN4O7S. The maximum atomic E-state index is 14.4. The van der Waals surface area contributed by atoms with E-state index >= 15 is 0 Å². The fourth-order valence-corrected chi connectivity index (χ4v) is 5.45. The fourth-order valence-electron chi connectivity index (χ4n) is 4.26. The van der Waals surface area contributed by atoms with Gasteiger partial charge in [-0.05, 0) is 51.5 Å². The number of halogens is 1. The standard InChI is InChI=1S/C27H33FN4O7S/c1-7-38-24(34)21-15(2)20-22(33)32(27(3,4)25(29)35)26(36)31(23(20)40-21)14-19(39-12-8-11-30-5)17-13-16(28)9-10-18(17)37-6/h9-11,13,19H,7-8,12,14H2,1-6H3,(H2,29,35)/b30-11+/t19-/m0/s1. The smallest absolute Gasteiger partial charge is 0.348 e. The molecule has 1 aromatic carbocycles. The van der Waals surface area contributed by atoms with E-state index in [1.165, 1.54) is 43.7 Å². The van der Waals surface area contributed by atoms with E-state index in [4.69, 9.17) is 19.9 Å². The fraction of sp³-hybridized carbons (Fsp3) is 0.444. The first-order valence-corrected chi connectivity index (χ1v) is 13.3. The van der Waals surface area contributed by atoms with Gasteiger partial charge in [0.1, 0.15) is 32.9 Å². The normalized spacial score (nSPS) is 12.7. The van der Waals surface area contributed by atoms with Gasteiger partial charge in [0.05, 0.1) is 32.3 Å². The molecule has 11 nitrogen and oxygen atoms in total. The number of benzene rings is 1. The molecule has 40 heavy (non-hydrogen) atoms. The molecule has 3 aromatic rings. The van der Waals surface area contributed by atoms with Crippen molar-refractivity contribution >= 4 is 39.6 Å². The lowest BCUT2D eigenvalue weighted by atomic mass is 10.0. The largest absolute Gasteiger partial charge is 0.496 e. The number of methoxy groups -OCH3 is 1. The summed E-state index contributed by atoms with van der Waals surface area (Å²) in [5, 5.41) is 0.0602. The molecule has 0 fully saturated rings. The lowest BCUT2D eigenvalue weighted by Gasteiger charge is -2.26. The number of ether oxygens (including phenoxy) is 3. The summed E-state index contributed by atoms with van der Waals surface area (Å²) >= 11 is 0.914. The Morgan fingerprint density at radius 2 is 1.98 bits per heavy atom. The minimum atomic E-state index is -1.72. The maximum Gasteiger partial charge on any atom is 0.348 e. The van der Waals surface area contributed by atoms with Crippen molar-refractivity contribution in [2.24, 2.45) is 10.7 Å². The number of nitrogens with zero attached hydrogens (tertiary/aromatic N) is 3. The number of aromatic nitrogens is 2. The van der Waals surface area contributed by atoms with Crippen molar-refractivity contribution in [1.82, 2.24) is 9.13 Å². The molecule has 2 heterocycles. The minimum absolute atomic E-state index is 0.0602. The Morgan fingerprint density at radius 1 is 1.27 bits per heavy atom. The minimum Gasteiger partial charge on any atom is -0.496 e. The number of hydrogen-bond acceptors (Lipinski definition) is 9. The number of carbonyl (C=O) groups excluding carboxylic acids is 2. The Hall–Kier alpha value is -3.84. The van der Waals surface area contributed by atoms with Gasteiger partial charge in [0.2, 0.25) is 5.91 Å². The third kappa shape index (κ3) is 5.85. The van der Waals surface area contributed by atoms with E-state index < -0.39 is 40.6 Å². The van der Waals surface area contributed by atoms with Crippen LogP contribution in [0.25, 0.3) is 10.2 Å². The Bertz CT molecular complexity index is 1570. The Morgan fingerprint density at radius 3 is 2.58 bits per heavy atom. The summed E-state index contributed by atoms with van der Waals surface area (Å²) in [5.41, 5.74) is 2.87. The summed E-state index contributed by atoms with van der Waals surface area (Å²) < 4.78 is 33.1. The number of aliphatic imine (C=N–C) groups is 1. The number of fused-ring (bicyclic) bond motifs is 1. The van der Waals surface area contributed by atoms with Crippen LogP contribution in [0.1, 0.15) is 54.1 Å². The number of rotatable bonds is 12. The molecule has 0 saturated heterocycles. The zero-order chi connectivity index (χ0) is 29.8. The number of primary amides is 1. The number of hydrogen-bond donors (Lipinski definition) is 1. The highest BCUT2D eigenvalue weighted by atomic mass is 32.1. The number of esters is 1. The Balaban J connectivity index is 2.37. The van der Waals surface area contributed by atoms with E-state index in [0.29, 0.717) is 23.3 Å². The molecule has 13 heteroatoms. The monoisotopic (exact) mass is 576 g/mol. The number of nitrogens with two attached hydrogens (primary N) is 1. The van der Waals surface area contributed by atoms with E-state index in [0.717, 1.165) is 15.9 Å². The molecule has 1 atom stereocenters. The predicted octanol–water partition coefficient (Wildman–Crippen LogP) is 2.93. The van der Waals surface area contributed by atoms with Crippen LogP contribution in [0.5, 0.6) is 5.75 Å². The average Bonchev–Trinajstić information content (AvgIpc) is 3.25. The second kappa shape index (κ2) is 12.6. The molecule has 0 aliphatic rings. The quantitative estimate of drug-likeness (QED) is 0.198. The van der Waals surface area contributed by atoms with Crippen molar-refractivity contribution < 1.29 is 28.2 Å². The van der Waals surface area contributed by atoms with Gasteiger partial charge in [-0.25, -0.2) is 18.5 Å². The van der Waals surface area contributed by atoms with Crippen LogP contribution in [0.15, 0.2) is 32.8 Å². The molecule has 0 radical (unpaired) electrons. The third-order valence-electron chi connectivity index (χ3n) is 6.47. The first-order valence-electron chi connectivity index (χ1n) is 12.5. The molecule has 216 valence electrons. The average molecular weight is 577 g/mol. The van der Waals surface area contributed by atoms with E-state index in [9.17, 15) is 23.6 Å². The topological polar surface area (TPSA) is 144 Å². The third-order valence-corrected chi connectivity index (χ3v) is 7.77. The predicted molar refractivity (Wildman–Crippen MR) is 150 cm³/mol. The molecule has 0 aliphatic carbocycles. The van der Waals surface area contributed by atoms with Crippen molar-refractivity contribution in [1.29, 1.82) is 0 Å². The highest BCUT2D eigenvalue weighted by Crippen LogP contribution is 2.33. The van der Waals surface area contributed by atoms with Gasteiger partial charge in [0.25, 0.3) is 5.56 Å². The van der Waals surface area contributed by atoms with Crippen molar-refractivity contribution in [3.8, 4) is 5.75 Å². The van der Waals surface area contributed by atoms with Gasteiger partial charge in [-0.15, -0.1) is 11.3 Å². The van der Waals surface area contributed by atoms with E-state index in [2.05, 4.69) is 4.99 Å². The van der Waals surface area contributed by atoms with Crippen LogP contribution in [0.3, 0.4) is 0 Å². The summed E-state index contributed by atoms with van der Waals surface area (Å²) in [4.78, 5) is 57.0. The van der Waals surface area contributed by atoms with Crippen molar-refractivity contribution in [3.63, 3.8) is 0 Å². The molecule has 3 rings (SSSR count). The molecule has 0 saturated carbocycles. The van der Waals surface area contributed by atoms with Gasteiger partial charge in [-0.3, -0.25) is 14.2 Å². The maximum absolute atomic E-state index is 14.4. The molecule has 0 bridgehead atoms. The van der Waals surface area contributed by atoms with Gasteiger partial charge in [0, 0.05) is 25.2 Å². The second-order valence-corrected chi connectivity index (χ2v) is 10.4. The van der Waals surface area contributed by atoms with E-state index in [1.54, 1.807) is 27.1 Å². The summed E-state index contributed by atoms with van der Waals surface area (Å²) in [6.45, 7) is 5.99. The second-order valence-electron chi connectivity index (χ2n) is 9.39. The lowest BCUT2D eigenvalue weighted by molar-refractivity contribution is -0.125. The van der Waals surface area contributed by atoms with Crippen LogP contribution >= 0.6 is 11.3 Å². The van der Waals surface area contributed by atoms with Gasteiger partial charge < -0.3 is 24.9 Å². The Labute approximate surface area is 234 Å². The molecule has 0 unspecified atom stereocenters. The molecule has 2 aromatic heterocycles. The van der Waals surface area contributed by atoms with E-state index in [1.807, 2.05) is 0 Å². The van der Waals surface area contributed by atoms with Gasteiger partial charge >= 0.3 is 11.7 Å². The summed E-state index contributed by atoms with van der Waals surface area (Å²) in [6.07, 6.45) is 1.15. The first-order chi connectivity index (χ1) is 18.9. The number of carbonyl (C=O) groups is 2. The zero-order valence-corrected chi connectivity index (χ0v) is 24.1. The highest BCUT2D eigenvalue weighted by molar-refractivity contribution is 7.20. The van der Waals surface area contributed by atoms with Gasteiger partial charge in [-0.2, -0.15) is 0 Å². The highest BCUT2D eigenvalue weighted by Gasteiger charge is 2.35. The van der Waals surface area contributed by atoms with Gasteiger partial charge in [-0.1, -0.05) is 0 Å². The Kier molecular flexibility index (Phi) is 9.64. The summed E-state index contributed by atoms with van der Waals surface area (Å²) in [7, 11) is 3.04. The molecule has 1 amide bonds. The summed E-state index contributed by atoms with van der Waals surface area (Å²) in [6, 6.07) is 3.92. The van der Waals surface area contributed by atoms with Crippen LogP contribution in [-0.2, 0) is 26.4 Å². The molecule has 2 N–H and O–H groups in total. The van der Waals surface area contributed by atoms with Crippen LogP contribution in [0.2, 0.25) is 0 Å². The molecule has 0 aliphatic heterocycles. The van der Waals surface area contributed by atoms with Crippen molar-refractivity contribution in [2.45, 2.75) is 52.3 Å². The first kappa shape index (κ1) is 30.7. The molecule has 0 spiro atoms. The number of thiophene rings is 1. The van der Waals surface area contributed by atoms with Crippen molar-refractivity contribution in [2.75, 3.05) is 27.4 Å². The van der Waals surface area contributed by atoms with Crippen LogP contribution in [-0.4, -0.2) is 54.6 Å². The van der Waals surface area contributed by atoms with E-state index in [-0.39, 0.29) is 34.9 Å². The molecular weight excluding hydrogens is 543 g/mol. The SMILES string of the molecule is CCOC(=O)c1sc2c(c1C)c(=O)n(C(C)(C)C(N)=O)c(=O)n2C[C@H](OCC/C=N/C)c1cc(F)ccc1OC. The number of amides is 1. The number of aryl methyl sites for hydroxylation is 1. The lowest BCUT2D eigenvalue weighted by Crippen LogP contribution is -2.54. The van der Waals surface area contributed by atoms with Crippen LogP contribution in [0.4, 0.5) is 4.39 Å². The van der Waals surface area contributed by atoms with Crippen LogP contribution < -0.4 is 21.7 Å². The van der Waals surface area contributed by atoms with Crippen LogP contribution in [0, 0.1) is 12.7 Å². The van der Waals surface area contributed by atoms with Crippen molar-refractivity contribution in [3.05, 3.63) is 60.9 Å². The zero-order valence-electron chi connectivity index (χ0n) is 23.3. The van der Waals surface area contributed by atoms with Gasteiger partial charge in [0.15, 0.2) is 0 Å².